The van der Waals surface area contributed by atoms with Crippen molar-refractivity contribution in [3.05, 3.63) is 29.1 Å². The summed E-state index contributed by atoms with van der Waals surface area (Å²) in [5.74, 6) is 0.0146. The fourth-order valence-corrected chi connectivity index (χ4v) is 3.77. The minimum Gasteiger partial charge on any atom is -0.399 e. The van der Waals surface area contributed by atoms with Crippen molar-refractivity contribution in [1.29, 1.82) is 0 Å². The van der Waals surface area contributed by atoms with Crippen LogP contribution in [-0.2, 0) is 0 Å². The summed E-state index contributed by atoms with van der Waals surface area (Å²) in [5.41, 5.74) is 6.51. The number of carbonyl (C=O) groups is 1. The van der Waals surface area contributed by atoms with Crippen LogP contribution in [0.2, 0.25) is 0 Å². The largest absolute Gasteiger partial charge is 0.399 e. The summed E-state index contributed by atoms with van der Waals surface area (Å²) in [6.07, 6.45) is 2.55. The van der Waals surface area contributed by atoms with E-state index >= 15 is 0 Å². The van der Waals surface area contributed by atoms with Crippen molar-refractivity contribution < 1.29 is 4.79 Å². The molecule has 1 unspecified atom stereocenters. The number of nitrogens with one attached hydrogen (secondary N) is 1. The average Bonchev–Trinajstić information content (AvgIpc) is 3.12. The second kappa shape index (κ2) is 6.03. The Bertz CT molecular complexity index is 646. The zero-order chi connectivity index (χ0) is 14.8. The molecule has 3 rings (SSSR count). The van der Waals surface area contributed by atoms with Crippen LogP contribution in [0.1, 0.15) is 29.4 Å². The van der Waals surface area contributed by atoms with Gasteiger partial charge in [-0.2, -0.15) is 0 Å². The van der Waals surface area contributed by atoms with Gasteiger partial charge in [-0.25, -0.2) is 0 Å². The maximum absolute atomic E-state index is 12.3. The molecular formula is C16H21N3OS. The molecule has 1 amide bonds. The Kier molecular flexibility index (Phi) is 4.12. The molecule has 3 N–H and O–H groups in total. The highest BCUT2D eigenvalue weighted by Gasteiger charge is 2.19. The summed E-state index contributed by atoms with van der Waals surface area (Å²) in [4.78, 5) is 15.5. The molecule has 0 aliphatic carbocycles. The molecule has 0 saturated carbocycles. The summed E-state index contributed by atoms with van der Waals surface area (Å²) in [5, 5.41) is 4.09. The van der Waals surface area contributed by atoms with Crippen molar-refractivity contribution in [2.75, 3.05) is 25.4 Å². The van der Waals surface area contributed by atoms with E-state index in [4.69, 9.17) is 5.73 Å². The third-order valence-corrected chi connectivity index (χ3v) is 5.20. The van der Waals surface area contributed by atoms with Crippen LogP contribution in [0.15, 0.2) is 24.3 Å². The third-order valence-electron chi connectivity index (χ3n) is 4.09. The molecule has 1 aromatic heterocycles. The van der Waals surface area contributed by atoms with Gasteiger partial charge in [0, 0.05) is 23.0 Å². The fourth-order valence-electron chi connectivity index (χ4n) is 2.81. The monoisotopic (exact) mass is 303 g/mol. The van der Waals surface area contributed by atoms with Gasteiger partial charge in [0.1, 0.15) is 0 Å². The van der Waals surface area contributed by atoms with E-state index in [2.05, 4.69) is 17.1 Å². The number of nitrogens with zero attached hydrogens (tertiary/aromatic N) is 1. The van der Waals surface area contributed by atoms with Crippen molar-refractivity contribution in [1.82, 2.24) is 10.2 Å². The maximum Gasteiger partial charge on any atom is 0.261 e. The summed E-state index contributed by atoms with van der Waals surface area (Å²) >= 11 is 1.52. The van der Waals surface area contributed by atoms with Crippen molar-refractivity contribution in [3.63, 3.8) is 0 Å². The average molecular weight is 303 g/mol. The van der Waals surface area contributed by atoms with Crippen LogP contribution in [0.4, 0.5) is 5.69 Å². The molecule has 2 aromatic rings. The molecule has 1 aliphatic heterocycles. The summed E-state index contributed by atoms with van der Waals surface area (Å²) in [6, 6.07) is 8.08. The number of nitrogens with two attached hydrogens (primary N) is 1. The van der Waals surface area contributed by atoms with Crippen LogP contribution in [0, 0.1) is 0 Å². The second-order valence-electron chi connectivity index (χ2n) is 5.71. The lowest BCUT2D eigenvalue weighted by Crippen LogP contribution is -2.40. The van der Waals surface area contributed by atoms with E-state index in [9.17, 15) is 4.79 Å². The molecule has 1 aliphatic rings. The molecular weight excluding hydrogens is 282 g/mol. The molecule has 112 valence electrons. The Morgan fingerprint density at radius 1 is 1.38 bits per heavy atom. The van der Waals surface area contributed by atoms with Gasteiger partial charge < -0.3 is 11.1 Å². The van der Waals surface area contributed by atoms with Crippen LogP contribution >= 0.6 is 11.3 Å². The minimum absolute atomic E-state index is 0.0146. The molecule has 1 fully saturated rings. The predicted octanol–water partition coefficient (Wildman–Crippen LogP) is 2.70. The standard InChI is InChI=1S/C16H21N3OS/c1-11(19-6-2-3-7-19)10-18-16(20)15-9-12-8-13(17)4-5-14(12)21-15/h4-5,8-9,11H,2-3,6-7,10,17H2,1H3,(H,18,20). The molecule has 5 heteroatoms. The van der Waals surface area contributed by atoms with E-state index in [1.54, 1.807) is 0 Å². The lowest BCUT2D eigenvalue weighted by molar-refractivity contribution is 0.0944. The first kappa shape index (κ1) is 14.4. The first-order valence-electron chi connectivity index (χ1n) is 7.45. The maximum atomic E-state index is 12.3. The van der Waals surface area contributed by atoms with Crippen LogP contribution in [0.25, 0.3) is 10.1 Å². The van der Waals surface area contributed by atoms with Crippen molar-refractivity contribution in [2.24, 2.45) is 0 Å². The number of nitrogen functional groups attached to an aromatic ring is 1. The Morgan fingerprint density at radius 2 is 2.14 bits per heavy atom. The SMILES string of the molecule is CC(CNC(=O)c1cc2cc(N)ccc2s1)N1CCCC1. The number of amides is 1. The lowest BCUT2D eigenvalue weighted by atomic mass is 10.2. The van der Waals surface area contributed by atoms with E-state index in [0.717, 1.165) is 33.7 Å². The van der Waals surface area contributed by atoms with Gasteiger partial charge in [0.25, 0.3) is 5.91 Å². The number of fused-ring (bicyclic) bond motifs is 1. The first-order valence-corrected chi connectivity index (χ1v) is 8.26. The topological polar surface area (TPSA) is 58.4 Å². The summed E-state index contributed by atoms with van der Waals surface area (Å²) < 4.78 is 1.10. The Balaban J connectivity index is 1.63. The molecule has 0 radical (unpaired) electrons. The van der Waals surface area contributed by atoms with Gasteiger partial charge in [-0.3, -0.25) is 9.69 Å². The summed E-state index contributed by atoms with van der Waals surface area (Å²) in [6.45, 7) is 5.19. The van der Waals surface area contributed by atoms with E-state index in [1.807, 2.05) is 24.3 Å². The summed E-state index contributed by atoms with van der Waals surface area (Å²) in [7, 11) is 0. The lowest BCUT2D eigenvalue weighted by Gasteiger charge is -2.23. The number of benzene rings is 1. The molecule has 1 aromatic carbocycles. The number of likely N-dealkylation sites (tertiary alicyclic amines) is 1. The molecule has 0 spiro atoms. The highest BCUT2D eigenvalue weighted by molar-refractivity contribution is 7.20. The Morgan fingerprint density at radius 3 is 2.90 bits per heavy atom. The van der Waals surface area contributed by atoms with E-state index in [0.29, 0.717) is 12.6 Å². The smallest absolute Gasteiger partial charge is 0.261 e. The number of hydrogen-bond acceptors (Lipinski definition) is 4. The highest BCUT2D eigenvalue weighted by Crippen LogP contribution is 2.27. The Hall–Kier alpha value is -1.59. The fraction of sp³-hybridized carbons (Fsp3) is 0.438. The van der Waals surface area contributed by atoms with Gasteiger partial charge in [0.2, 0.25) is 0 Å². The van der Waals surface area contributed by atoms with E-state index in [1.165, 1.54) is 24.2 Å². The molecule has 2 heterocycles. The van der Waals surface area contributed by atoms with Crippen LogP contribution < -0.4 is 11.1 Å². The molecule has 21 heavy (non-hydrogen) atoms. The zero-order valence-electron chi connectivity index (χ0n) is 12.3. The number of hydrogen-bond donors (Lipinski definition) is 2. The van der Waals surface area contributed by atoms with Gasteiger partial charge in [-0.05, 0) is 62.5 Å². The second-order valence-corrected chi connectivity index (χ2v) is 6.79. The van der Waals surface area contributed by atoms with Crippen molar-refractivity contribution >= 4 is 33.0 Å². The third kappa shape index (κ3) is 3.19. The normalized spacial score (nSPS) is 17.2. The van der Waals surface area contributed by atoms with Gasteiger partial charge >= 0.3 is 0 Å². The minimum atomic E-state index is 0.0146. The number of carbonyl (C=O) groups excluding carboxylic acids is 1. The number of rotatable bonds is 4. The van der Waals surface area contributed by atoms with Gasteiger partial charge in [0.05, 0.1) is 4.88 Å². The highest BCUT2D eigenvalue weighted by atomic mass is 32.1. The zero-order valence-corrected chi connectivity index (χ0v) is 13.1. The van der Waals surface area contributed by atoms with Crippen LogP contribution in [-0.4, -0.2) is 36.5 Å². The molecule has 1 atom stereocenters. The van der Waals surface area contributed by atoms with E-state index in [-0.39, 0.29) is 5.91 Å². The molecule has 0 bridgehead atoms. The van der Waals surface area contributed by atoms with E-state index < -0.39 is 0 Å². The quantitative estimate of drug-likeness (QED) is 0.854. The number of anilines is 1. The van der Waals surface area contributed by atoms with Gasteiger partial charge in [-0.1, -0.05) is 0 Å². The van der Waals surface area contributed by atoms with Gasteiger partial charge in [-0.15, -0.1) is 11.3 Å². The van der Waals surface area contributed by atoms with Crippen LogP contribution in [0.5, 0.6) is 0 Å². The molecule has 4 nitrogen and oxygen atoms in total. The van der Waals surface area contributed by atoms with Crippen molar-refractivity contribution in [3.8, 4) is 0 Å². The van der Waals surface area contributed by atoms with Gasteiger partial charge in [0.15, 0.2) is 0 Å². The predicted molar refractivity (Wildman–Crippen MR) is 88.8 cm³/mol. The first-order chi connectivity index (χ1) is 10.1. The number of thiophene rings is 1. The van der Waals surface area contributed by atoms with Crippen LogP contribution in [0.3, 0.4) is 0 Å². The van der Waals surface area contributed by atoms with Crippen molar-refractivity contribution in [2.45, 2.75) is 25.8 Å². The molecule has 1 saturated heterocycles. The Labute approximate surface area is 128 Å².